The van der Waals surface area contributed by atoms with E-state index in [1.807, 2.05) is 24.3 Å². The monoisotopic (exact) mass is 365 g/mol. The molecular weight excluding hydrogens is 350 g/mol. The van der Waals surface area contributed by atoms with Gasteiger partial charge in [-0.3, -0.25) is 4.79 Å². The first-order valence-corrected chi connectivity index (χ1v) is 8.07. The fraction of sp³-hybridized carbons (Fsp3) is 0.235. The molecular formula is C17H17BrClNO. The highest BCUT2D eigenvalue weighted by Crippen LogP contribution is 2.22. The summed E-state index contributed by atoms with van der Waals surface area (Å²) in [5.74, 6) is 0.164. The second-order valence-electron chi connectivity index (χ2n) is 4.85. The van der Waals surface area contributed by atoms with E-state index in [4.69, 9.17) is 11.6 Å². The maximum absolute atomic E-state index is 12.3. The minimum absolute atomic E-state index is 0.143. The molecule has 0 aliphatic carbocycles. The van der Waals surface area contributed by atoms with Crippen molar-refractivity contribution in [3.8, 4) is 0 Å². The molecule has 21 heavy (non-hydrogen) atoms. The van der Waals surface area contributed by atoms with Gasteiger partial charge < -0.3 is 5.32 Å². The number of carbonyl (C=O) groups is 1. The first kappa shape index (κ1) is 16.1. The zero-order chi connectivity index (χ0) is 15.2. The zero-order valence-electron chi connectivity index (χ0n) is 11.8. The van der Waals surface area contributed by atoms with Crippen LogP contribution in [0.25, 0.3) is 0 Å². The summed E-state index contributed by atoms with van der Waals surface area (Å²) in [4.78, 5) is 12.3. The lowest BCUT2D eigenvalue weighted by Gasteiger charge is -2.16. The molecule has 2 rings (SSSR count). The van der Waals surface area contributed by atoms with E-state index in [9.17, 15) is 4.79 Å². The number of benzene rings is 2. The van der Waals surface area contributed by atoms with Crippen molar-refractivity contribution in [1.82, 2.24) is 5.32 Å². The number of rotatable bonds is 5. The van der Waals surface area contributed by atoms with Gasteiger partial charge in [0.25, 0.3) is 5.91 Å². The summed E-state index contributed by atoms with van der Waals surface area (Å²) in [6, 6.07) is 15.5. The average molecular weight is 367 g/mol. The molecule has 0 aromatic heterocycles. The van der Waals surface area contributed by atoms with Gasteiger partial charge >= 0.3 is 0 Å². The van der Waals surface area contributed by atoms with Gasteiger partial charge in [0.2, 0.25) is 0 Å². The predicted molar refractivity (Wildman–Crippen MR) is 91.0 cm³/mol. The van der Waals surface area contributed by atoms with Gasteiger partial charge in [0.1, 0.15) is 0 Å². The van der Waals surface area contributed by atoms with Crippen LogP contribution in [0.1, 0.15) is 35.2 Å². The minimum Gasteiger partial charge on any atom is -0.351 e. The van der Waals surface area contributed by atoms with E-state index in [1.165, 1.54) is 5.56 Å². The van der Waals surface area contributed by atoms with E-state index >= 15 is 0 Å². The maximum atomic E-state index is 12.3. The van der Waals surface area contributed by atoms with Gasteiger partial charge in [0, 0.05) is 16.9 Å². The third kappa shape index (κ3) is 4.32. The lowest BCUT2D eigenvalue weighted by atomic mass is 9.96. The molecule has 0 bridgehead atoms. The van der Waals surface area contributed by atoms with Crippen LogP contribution in [0.15, 0.2) is 53.0 Å². The Hall–Kier alpha value is -1.32. The fourth-order valence-corrected chi connectivity index (χ4v) is 2.77. The summed E-state index contributed by atoms with van der Waals surface area (Å²) in [7, 11) is 0. The number of hydrogen-bond donors (Lipinski definition) is 1. The molecule has 0 radical (unpaired) electrons. The number of hydrogen-bond acceptors (Lipinski definition) is 1. The number of amides is 1. The Kier molecular flexibility index (Phi) is 5.83. The van der Waals surface area contributed by atoms with Gasteiger partial charge in [-0.15, -0.1) is 0 Å². The summed E-state index contributed by atoms with van der Waals surface area (Å²) in [5, 5.41) is 3.43. The number of carbonyl (C=O) groups excluding carboxylic acids is 1. The zero-order valence-corrected chi connectivity index (χ0v) is 14.1. The van der Waals surface area contributed by atoms with Gasteiger partial charge in [-0.1, -0.05) is 64.8 Å². The van der Waals surface area contributed by atoms with Crippen molar-refractivity contribution < 1.29 is 4.79 Å². The van der Waals surface area contributed by atoms with Crippen molar-refractivity contribution in [1.29, 1.82) is 0 Å². The summed E-state index contributed by atoms with van der Waals surface area (Å²) in [5.41, 5.74) is 1.73. The van der Waals surface area contributed by atoms with E-state index < -0.39 is 0 Å². The minimum atomic E-state index is -0.143. The molecule has 0 aliphatic rings. The molecule has 1 N–H and O–H groups in total. The highest BCUT2D eigenvalue weighted by Gasteiger charge is 2.14. The fourth-order valence-electron chi connectivity index (χ4n) is 2.21. The SMILES string of the molecule is CCC(CNC(=O)c1cc(Br)ccc1Cl)c1ccccc1. The van der Waals surface area contributed by atoms with E-state index in [-0.39, 0.29) is 5.91 Å². The normalized spacial score (nSPS) is 12.0. The molecule has 2 nitrogen and oxygen atoms in total. The molecule has 0 heterocycles. The summed E-state index contributed by atoms with van der Waals surface area (Å²) < 4.78 is 0.840. The molecule has 0 saturated heterocycles. The molecule has 4 heteroatoms. The van der Waals surface area contributed by atoms with Crippen molar-refractivity contribution in [2.45, 2.75) is 19.3 Å². The molecule has 0 aliphatic heterocycles. The van der Waals surface area contributed by atoms with Gasteiger partial charge in [0.05, 0.1) is 10.6 Å². The third-order valence-corrected chi connectivity index (χ3v) is 4.27. The van der Waals surface area contributed by atoms with Crippen molar-refractivity contribution in [3.63, 3.8) is 0 Å². The number of halogens is 2. The van der Waals surface area contributed by atoms with E-state index in [0.29, 0.717) is 23.0 Å². The summed E-state index contributed by atoms with van der Waals surface area (Å²) in [6.07, 6.45) is 0.969. The molecule has 1 unspecified atom stereocenters. The van der Waals surface area contributed by atoms with E-state index in [1.54, 1.807) is 12.1 Å². The van der Waals surface area contributed by atoms with Crippen LogP contribution in [-0.2, 0) is 0 Å². The van der Waals surface area contributed by atoms with Crippen LogP contribution in [0.5, 0.6) is 0 Å². The second kappa shape index (κ2) is 7.62. The highest BCUT2D eigenvalue weighted by molar-refractivity contribution is 9.10. The third-order valence-electron chi connectivity index (χ3n) is 3.45. The van der Waals surface area contributed by atoms with Crippen LogP contribution < -0.4 is 5.32 Å². The first-order valence-electron chi connectivity index (χ1n) is 6.90. The van der Waals surface area contributed by atoms with E-state index in [0.717, 1.165) is 10.9 Å². The summed E-state index contributed by atoms with van der Waals surface area (Å²) >= 11 is 9.43. The highest BCUT2D eigenvalue weighted by atomic mass is 79.9. The van der Waals surface area contributed by atoms with Gasteiger partial charge in [-0.25, -0.2) is 0 Å². The van der Waals surface area contributed by atoms with Crippen LogP contribution in [0, 0.1) is 0 Å². The molecule has 0 spiro atoms. The Labute approximate surface area is 138 Å². The Bertz CT molecular complexity index is 615. The van der Waals surface area contributed by atoms with Gasteiger partial charge in [-0.2, -0.15) is 0 Å². The largest absolute Gasteiger partial charge is 0.351 e. The average Bonchev–Trinajstić information content (AvgIpc) is 2.51. The summed E-state index contributed by atoms with van der Waals surface area (Å²) in [6.45, 7) is 2.72. The lowest BCUT2D eigenvalue weighted by Crippen LogP contribution is -2.28. The molecule has 1 amide bonds. The molecule has 0 fully saturated rings. The Morgan fingerprint density at radius 2 is 1.95 bits per heavy atom. The Morgan fingerprint density at radius 1 is 1.24 bits per heavy atom. The molecule has 110 valence electrons. The Balaban J connectivity index is 2.04. The molecule has 0 saturated carbocycles. The van der Waals surface area contributed by atoms with Crippen LogP contribution in [-0.4, -0.2) is 12.5 Å². The topological polar surface area (TPSA) is 29.1 Å². The van der Waals surface area contributed by atoms with Crippen molar-refractivity contribution >= 4 is 33.4 Å². The number of nitrogens with one attached hydrogen (secondary N) is 1. The lowest BCUT2D eigenvalue weighted by molar-refractivity contribution is 0.0951. The standard InChI is InChI=1S/C17H17BrClNO/c1-2-12(13-6-4-3-5-7-13)11-20-17(21)15-10-14(18)8-9-16(15)19/h3-10,12H,2,11H2,1H3,(H,20,21). The van der Waals surface area contributed by atoms with E-state index in [2.05, 4.69) is 40.3 Å². The van der Waals surface area contributed by atoms with Crippen molar-refractivity contribution in [3.05, 3.63) is 69.2 Å². The molecule has 2 aromatic carbocycles. The van der Waals surface area contributed by atoms with Crippen molar-refractivity contribution in [2.24, 2.45) is 0 Å². The van der Waals surface area contributed by atoms with Gasteiger partial charge in [0.15, 0.2) is 0 Å². The maximum Gasteiger partial charge on any atom is 0.252 e. The van der Waals surface area contributed by atoms with Crippen LogP contribution in [0.3, 0.4) is 0 Å². The second-order valence-corrected chi connectivity index (χ2v) is 6.17. The van der Waals surface area contributed by atoms with Crippen LogP contribution >= 0.6 is 27.5 Å². The first-order chi connectivity index (χ1) is 10.1. The Morgan fingerprint density at radius 3 is 2.62 bits per heavy atom. The quantitative estimate of drug-likeness (QED) is 0.790. The van der Waals surface area contributed by atoms with Gasteiger partial charge in [-0.05, 0) is 30.2 Å². The van der Waals surface area contributed by atoms with Crippen LogP contribution in [0.2, 0.25) is 5.02 Å². The molecule has 1 atom stereocenters. The smallest absolute Gasteiger partial charge is 0.252 e. The molecule has 2 aromatic rings. The van der Waals surface area contributed by atoms with Crippen LogP contribution in [0.4, 0.5) is 0 Å². The predicted octanol–water partition coefficient (Wildman–Crippen LogP) is 5.03. The van der Waals surface area contributed by atoms with Crippen molar-refractivity contribution in [2.75, 3.05) is 6.54 Å².